The summed E-state index contributed by atoms with van der Waals surface area (Å²) in [5.74, 6) is -0.0720. The van der Waals surface area contributed by atoms with Crippen LogP contribution in [0.4, 0.5) is 0 Å². The van der Waals surface area contributed by atoms with Crippen LogP contribution in [0.25, 0.3) is 0 Å². The van der Waals surface area contributed by atoms with Crippen LogP contribution >= 0.6 is 0 Å². The number of likely N-dealkylation sites (tertiary alicyclic amines) is 1. The molecule has 1 saturated carbocycles. The van der Waals surface area contributed by atoms with Gasteiger partial charge in [-0.25, -0.2) is 8.42 Å². The quantitative estimate of drug-likeness (QED) is 0.757. The first-order valence-electron chi connectivity index (χ1n) is 9.95. The topological polar surface area (TPSA) is 83.6 Å². The van der Waals surface area contributed by atoms with Crippen molar-refractivity contribution < 1.29 is 18.0 Å². The predicted octanol–water partition coefficient (Wildman–Crippen LogP) is 2.34. The molecule has 0 radical (unpaired) electrons. The fourth-order valence-electron chi connectivity index (χ4n) is 4.09. The molecule has 0 spiro atoms. The molecule has 1 N–H and O–H groups in total. The van der Waals surface area contributed by atoms with E-state index in [9.17, 15) is 18.0 Å². The van der Waals surface area contributed by atoms with E-state index in [0.717, 1.165) is 38.8 Å². The molecule has 0 aromatic heterocycles. The van der Waals surface area contributed by atoms with E-state index in [-0.39, 0.29) is 17.8 Å². The zero-order valence-electron chi connectivity index (χ0n) is 16.5. The van der Waals surface area contributed by atoms with Gasteiger partial charge in [-0.2, -0.15) is 0 Å². The van der Waals surface area contributed by atoms with Crippen molar-refractivity contribution in [3.05, 3.63) is 0 Å². The summed E-state index contributed by atoms with van der Waals surface area (Å²) in [6, 6.07) is 0.458. The number of amides is 1. The van der Waals surface area contributed by atoms with Crippen LogP contribution in [0.1, 0.15) is 66.2 Å². The third-order valence-electron chi connectivity index (χ3n) is 5.87. The van der Waals surface area contributed by atoms with Gasteiger partial charge in [0.2, 0.25) is 15.9 Å². The van der Waals surface area contributed by atoms with E-state index in [2.05, 4.69) is 9.62 Å². The van der Waals surface area contributed by atoms with E-state index in [4.69, 9.17) is 0 Å². The number of nitrogens with zero attached hydrogens (tertiary/aromatic N) is 1. The van der Waals surface area contributed by atoms with E-state index in [1.165, 1.54) is 0 Å². The summed E-state index contributed by atoms with van der Waals surface area (Å²) >= 11 is 0. The Morgan fingerprint density at radius 2 is 1.42 bits per heavy atom. The molecular weight excluding hydrogens is 352 g/mol. The van der Waals surface area contributed by atoms with Crippen molar-refractivity contribution in [3.63, 3.8) is 0 Å². The summed E-state index contributed by atoms with van der Waals surface area (Å²) < 4.78 is 27.0. The molecule has 1 saturated heterocycles. The second-order valence-electron chi connectivity index (χ2n) is 8.46. The van der Waals surface area contributed by atoms with Gasteiger partial charge in [0.05, 0.1) is 5.25 Å². The third kappa shape index (κ3) is 5.28. The Balaban J connectivity index is 1.82. The van der Waals surface area contributed by atoms with Crippen molar-refractivity contribution in [2.24, 2.45) is 17.8 Å². The van der Waals surface area contributed by atoms with E-state index >= 15 is 0 Å². The van der Waals surface area contributed by atoms with E-state index in [0.29, 0.717) is 24.7 Å². The molecule has 1 heterocycles. The molecule has 1 amide bonds. The maximum atomic E-state index is 12.4. The summed E-state index contributed by atoms with van der Waals surface area (Å²) in [6.45, 7) is 8.81. The summed E-state index contributed by atoms with van der Waals surface area (Å²) in [5, 5.41) is -0.486. The van der Waals surface area contributed by atoms with Gasteiger partial charge in [0.25, 0.3) is 0 Å². The van der Waals surface area contributed by atoms with Crippen LogP contribution in [0.5, 0.6) is 0 Å². The number of carbonyl (C=O) groups excluding carboxylic acids is 2. The van der Waals surface area contributed by atoms with E-state index in [1.54, 1.807) is 13.8 Å². The second kappa shape index (κ2) is 8.83. The normalized spacial score (nSPS) is 26.2. The van der Waals surface area contributed by atoms with Gasteiger partial charge < -0.3 is 4.90 Å². The minimum absolute atomic E-state index is 0.110. The summed E-state index contributed by atoms with van der Waals surface area (Å²) in [7, 11) is -3.58. The number of rotatable bonds is 6. The van der Waals surface area contributed by atoms with Gasteiger partial charge in [0.1, 0.15) is 5.78 Å². The maximum absolute atomic E-state index is 12.4. The molecule has 0 aromatic carbocycles. The lowest BCUT2D eigenvalue weighted by Crippen LogP contribution is -2.49. The van der Waals surface area contributed by atoms with Crippen LogP contribution in [-0.2, 0) is 19.6 Å². The Kier molecular flexibility index (Phi) is 7.25. The number of piperidine rings is 1. The molecule has 6 nitrogen and oxygen atoms in total. The molecule has 0 atom stereocenters. The molecule has 0 unspecified atom stereocenters. The van der Waals surface area contributed by atoms with E-state index < -0.39 is 21.2 Å². The minimum Gasteiger partial charge on any atom is -0.300 e. The highest BCUT2D eigenvalue weighted by Gasteiger charge is 2.35. The molecule has 2 fully saturated rings. The standard InChI is InChI=1S/C19H34N2O4S/c1-13(2)18(22)15-5-7-16(8-6-15)21-11-9-17(10-12-21)26(24,25)20-19(23)14(3)4/h13-17H,5-12H2,1-4H3,(H,20,23). The fourth-order valence-corrected chi connectivity index (χ4v) is 5.60. The lowest BCUT2D eigenvalue weighted by Gasteiger charge is -2.40. The Labute approximate surface area is 158 Å². The SMILES string of the molecule is CC(C)C(=O)NS(=O)(=O)C1CCN(C2CCC(C(=O)C(C)C)CC2)CC1. The van der Waals surface area contributed by atoms with Crippen molar-refractivity contribution in [2.75, 3.05) is 13.1 Å². The number of carbonyl (C=O) groups is 2. The van der Waals surface area contributed by atoms with Crippen LogP contribution in [-0.4, -0.2) is 49.4 Å². The van der Waals surface area contributed by atoms with Gasteiger partial charge in [0.15, 0.2) is 0 Å². The van der Waals surface area contributed by atoms with Crippen molar-refractivity contribution in [1.29, 1.82) is 0 Å². The minimum atomic E-state index is -3.58. The van der Waals surface area contributed by atoms with Crippen LogP contribution in [0.15, 0.2) is 0 Å². The monoisotopic (exact) mass is 386 g/mol. The van der Waals surface area contributed by atoms with E-state index in [1.807, 2.05) is 13.8 Å². The number of ketones is 1. The van der Waals surface area contributed by atoms with Crippen molar-refractivity contribution in [1.82, 2.24) is 9.62 Å². The highest BCUT2D eigenvalue weighted by atomic mass is 32.2. The van der Waals surface area contributed by atoms with Crippen LogP contribution in [0.2, 0.25) is 0 Å². The molecular formula is C19H34N2O4S. The molecule has 7 heteroatoms. The zero-order chi connectivity index (χ0) is 19.5. The third-order valence-corrected chi connectivity index (χ3v) is 7.70. The Bertz CT molecular complexity index is 599. The van der Waals surface area contributed by atoms with Gasteiger partial charge >= 0.3 is 0 Å². The molecule has 150 valence electrons. The Hall–Kier alpha value is -0.950. The first-order chi connectivity index (χ1) is 12.1. The van der Waals surface area contributed by atoms with Gasteiger partial charge in [-0.15, -0.1) is 0 Å². The average Bonchev–Trinajstić information content (AvgIpc) is 2.60. The Morgan fingerprint density at radius 3 is 1.88 bits per heavy atom. The van der Waals surface area contributed by atoms with Crippen molar-refractivity contribution in [3.8, 4) is 0 Å². The first kappa shape index (κ1) is 21.4. The molecule has 1 aliphatic heterocycles. The highest BCUT2D eigenvalue weighted by molar-refractivity contribution is 7.90. The van der Waals surface area contributed by atoms with Gasteiger partial charge in [0, 0.05) is 23.8 Å². The molecule has 1 aliphatic carbocycles. The number of hydrogen-bond donors (Lipinski definition) is 1. The largest absolute Gasteiger partial charge is 0.300 e. The van der Waals surface area contributed by atoms with Crippen molar-refractivity contribution in [2.45, 2.75) is 77.5 Å². The highest BCUT2D eigenvalue weighted by Crippen LogP contribution is 2.31. The fraction of sp³-hybridized carbons (Fsp3) is 0.895. The summed E-state index contributed by atoms with van der Waals surface area (Å²) in [5.41, 5.74) is 0. The summed E-state index contributed by atoms with van der Waals surface area (Å²) in [4.78, 5) is 26.3. The molecule has 26 heavy (non-hydrogen) atoms. The number of nitrogens with one attached hydrogen (secondary N) is 1. The molecule has 2 rings (SSSR count). The summed E-state index contributed by atoms with van der Waals surface area (Å²) in [6.07, 6.45) is 5.06. The smallest absolute Gasteiger partial charge is 0.237 e. The zero-order valence-corrected chi connectivity index (χ0v) is 17.3. The van der Waals surface area contributed by atoms with Crippen molar-refractivity contribution >= 4 is 21.7 Å². The van der Waals surface area contributed by atoms with Gasteiger partial charge in [-0.1, -0.05) is 27.7 Å². The average molecular weight is 387 g/mol. The predicted molar refractivity (Wildman–Crippen MR) is 102 cm³/mol. The van der Waals surface area contributed by atoms with Crippen LogP contribution in [0, 0.1) is 17.8 Å². The lowest BCUT2D eigenvalue weighted by atomic mass is 9.80. The van der Waals surface area contributed by atoms with Crippen LogP contribution in [0.3, 0.4) is 0 Å². The molecule has 0 bridgehead atoms. The maximum Gasteiger partial charge on any atom is 0.237 e. The second-order valence-corrected chi connectivity index (χ2v) is 10.4. The molecule has 2 aliphatic rings. The number of sulfonamides is 1. The Morgan fingerprint density at radius 1 is 0.885 bits per heavy atom. The first-order valence-corrected chi connectivity index (χ1v) is 11.5. The lowest BCUT2D eigenvalue weighted by molar-refractivity contribution is -0.127. The molecule has 0 aromatic rings. The van der Waals surface area contributed by atoms with Crippen LogP contribution < -0.4 is 4.72 Å². The van der Waals surface area contributed by atoms with Gasteiger partial charge in [-0.3, -0.25) is 14.3 Å². The number of Topliss-reactive ketones (excluding diaryl/α,β-unsaturated/α-hetero) is 1. The number of hydrogen-bond acceptors (Lipinski definition) is 5. The van der Waals surface area contributed by atoms with Gasteiger partial charge in [-0.05, 0) is 51.6 Å².